The minimum absolute atomic E-state index is 0.00838. The van der Waals surface area contributed by atoms with Gasteiger partial charge in [0, 0.05) is 18.3 Å². The summed E-state index contributed by atoms with van der Waals surface area (Å²) in [7, 11) is 1.42. The average Bonchev–Trinajstić information content (AvgIpc) is 3.11. The van der Waals surface area contributed by atoms with Gasteiger partial charge in [-0.05, 0) is 47.2 Å². The van der Waals surface area contributed by atoms with Gasteiger partial charge in [-0.25, -0.2) is 4.98 Å². The lowest BCUT2D eigenvalue weighted by molar-refractivity contribution is -0.141. The summed E-state index contributed by atoms with van der Waals surface area (Å²) in [5.41, 5.74) is 4.45. The van der Waals surface area contributed by atoms with Gasteiger partial charge >= 0.3 is 6.18 Å². The molecule has 0 N–H and O–H groups in total. The Morgan fingerprint density at radius 1 is 1.16 bits per heavy atom. The monoisotopic (exact) mass is 431 g/mol. The number of hydrogen-bond acceptors (Lipinski definition) is 3. The summed E-state index contributed by atoms with van der Waals surface area (Å²) in [6.45, 7) is 5.15. The molecule has 0 atom stereocenters. The zero-order chi connectivity index (χ0) is 22.6. The van der Waals surface area contributed by atoms with E-state index >= 15 is 0 Å². The highest BCUT2D eigenvalue weighted by Crippen LogP contribution is 2.35. The van der Waals surface area contributed by atoms with E-state index in [0.717, 1.165) is 27.4 Å². The Hall–Kier alpha value is -3.03. The van der Waals surface area contributed by atoms with E-state index < -0.39 is 18.6 Å². The lowest BCUT2D eigenvalue weighted by atomic mass is 9.88. The van der Waals surface area contributed by atoms with Crippen LogP contribution in [0.4, 0.5) is 13.2 Å². The van der Waals surface area contributed by atoms with Crippen LogP contribution in [0.15, 0.2) is 36.7 Å². The topological polar surface area (TPSA) is 46.8 Å². The summed E-state index contributed by atoms with van der Waals surface area (Å²) >= 11 is 0. The lowest BCUT2D eigenvalue weighted by Crippen LogP contribution is -2.43. The second-order valence-electron chi connectivity index (χ2n) is 8.84. The van der Waals surface area contributed by atoms with Crippen LogP contribution in [-0.4, -0.2) is 46.6 Å². The minimum atomic E-state index is -4.44. The van der Waals surface area contributed by atoms with Crippen molar-refractivity contribution in [2.45, 2.75) is 38.8 Å². The third-order valence-corrected chi connectivity index (χ3v) is 5.60. The highest BCUT2D eigenvalue weighted by Gasteiger charge is 2.37. The first-order chi connectivity index (χ1) is 14.5. The molecular weight excluding hydrogens is 407 g/mol. The van der Waals surface area contributed by atoms with E-state index in [1.165, 1.54) is 7.11 Å². The number of aromatic nitrogens is 2. The van der Waals surface area contributed by atoms with Crippen molar-refractivity contribution in [1.82, 2.24) is 14.3 Å². The van der Waals surface area contributed by atoms with E-state index in [2.05, 4.69) is 25.8 Å². The van der Waals surface area contributed by atoms with Gasteiger partial charge in [0.05, 0.1) is 24.6 Å². The van der Waals surface area contributed by atoms with E-state index in [9.17, 15) is 18.0 Å². The van der Waals surface area contributed by atoms with Crippen LogP contribution < -0.4 is 4.74 Å². The molecule has 1 amide bonds. The maximum absolute atomic E-state index is 12.8. The molecule has 164 valence electrons. The molecule has 2 aromatic heterocycles. The summed E-state index contributed by atoms with van der Waals surface area (Å²) in [6, 6.07) is 7.63. The number of ether oxygens (including phenoxy) is 1. The minimum Gasteiger partial charge on any atom is -0.496 e. The number of hydrogen-bond donors (Lipinski definition) is 0. The van der Waals surface area contributed by atoms with Gasteiger partial charge in [0.2, 0.25) is 0 Å². The highest BCUT2D eigenvalue weighted by molar-refractivity contribution is 6.00. The number of rotatable bonds is 3. The molecule has 0 fully saturated rings. The maximum Gasteiger partial charge on any atom is 0.406 e. The number of carbonyl (C=O) groups excluding carboxylic acids is 1. The van der Waals surface area contributed by atoms with Gasteiger partial charge in [0.1, 0.15) is 17.9 Å². The summed E-state index contributed by atoms with van der Waals surface area (Å²) in [4.78, 5) is 18.1. The van der Waals surface area contributed by atoms with E-state index in [0.29, 0.717) is 12.0 Å². The normalized spacial score (nSPS) is 14.8. The molecule has 1 aliphatic rings. The van der Waals surface area contributed by atoms with Crippen molar-refractivity contribution in [3.63, 3.8) is 0 Å². The average molecular weight is 431 g/mol. The number of imidazole rings is 1. The molecule has 8 heteroatoms. The molecule has 0 unspecified atom stereocenters. The van der Waals surface area contributed by atoms with Gasteiger partial charge < -0.3 is 9.64 Å². The largest absolute Gasteiger partial charge is 0.496 e. The van der Waals surface area contributed by atoms with E-state index in [1.807, 2.05) is 28.8 Å². The number of carbonyl (C=O) groups is 1. The first-order valence-corrected chi connectivity index (χ1v) is 10.0. The molecule has 0 radical (unpaired) electrons. The number of halogens is 3. The summed E-state index contributed by atoms with van der Waals surface area (Å²) in [5, 5.41) is 0. The van der Waals surface area contributed by atoms with Crippen molar-refractivity contribution in [3.8, 4) is 17.0 Å². The Morgan fingerprint density at radius 3 is 2.55 bits per heavy atom. The van der Waals surface area contributed by atoms with Crippen molar-refractivity contribution in [3.05, 3.63) is 53.3 Å². The number of nitrogens with zero attached hydrogens (tertiary/aromatic N) is 3. The van der Waals surface area contributed by atoms with Crippen LogP contribution in [0.3, 0.4) is 0 Å². The lowest BCUT2D eigenvalue weighted by Gasteiger charge is -2.30. The standard InChI is InChI=1S/C23H24F3N3O2/c1-22(2,3)16-6-8-29-17(12-27-19(29)11-16)15-9-14-5-7-28(13-23(24,25)26)21(30)20(14)18(10-15)31-4/h6,8-12H,5,7,13H2,1-4H3. The second-order valence-corrected chi connectivity index (χ2v) is 8.84. The molecule has 0 spiro atoms. The third kappa shape index (κ3) is 3.98. The fraction of sp³-hybridized carbons (Fsp3) is 0.391. The molecule has 3 heterocycles. The second kappa shape index (κ2) is 7.28. The first-order valence-electron chi connectivity index (χ1n) is 10.0. The Balaban J connectivity index is 1.76. The molecule has 0 saturated heterocycles. The van der Waals surface area contributed by atoms with Crippen LogP contribution in [0.5, 0.6) is 5.75 Å². The van der Waals surface area contributed by atoms with Crippen molar-refractivity contribution < 1.29 is 22.7 Å². The quantitative estimate of drug-likeness (QED) is 0.595. The van der Waals surface area contributed by atoms with Crippen LogP contribution in [-0.2, 0) is 11.8 Å². The van der Waals surface area contributed by atoms with Crippen molar-refractivity contribution in [1.29, 1.82) is 0 Å². The molecule has 0 bridgehead atoms. The number of amides is 1. The summed E-state index contributed by atoms with van der Waals surface area (Å²) in [6.07, 6.45) is -0.404. The van der Waals surface area contributed by atoms with Crippen molar-refractivity contribution in [2.75, 3.05) is 20.2 Å². The Labute approximate surface area is 178 Å². The molecule has 31 heavy (non-hydrogen) atoms. The molecule has 1 aliphatic heterocycles. The summed E-state index contributed by atoms with van der Waals surface area (Å²) in [5.74, 6) is -0.388. The van der Waals surface area contributed by atoms with E-state index in [4.69, 9.17) is 4.74 Å². The van der Waals surface area contributed by atoms with Crippen molar-refractivity contribution >= 4 is 11.6 Å². The number of methoxy groups -OCH3 is 1. The molecule has 4 rings (SSSR count). The number of benzene rings is 1. The predicted octanol–water partition coefficient (Wildman–Crippen LogP) is 4.87. The van der Waals surface area contributed by atoms with Gasteiger partial charge in [-0.15, -0.1) is 0 Å². The van der Waals surface area contributed by atoms with Gasteiger partial charge in [0.15, 0.2) is 0 Å². The van der Waals surface area contributed by atoms with E-state index in [-0.39, 0.29) is 23.3 Å². The smallest absolute Gasteiger partial charge is 0.406 e. The molecule has 0 saturated carbocycles. The van der Waals surface area contributed by atoms with Gasteiger partial charge in [-0.3, -0.25) is 9.20 Å². The fourth-order valence-corrected chi connectivity index (χ4v) is 3.97. The maximum atomic E-state index is 12.8. The highest BCUT2D eigenvalue weighted by atomic mass is 19.4. The number of alkyl halides is 3. The molecule has 3 aromatic rings. The van der Waals surface area contributed by atoms with Gasteiger partial charge in [0.25, 0.3) is 5.91 Å². The Bertz CT molecular complexity index is 1140. The Morgan fingerprint density at radius 2 is 1.90 bits per heavy atom. The van der Waals surface area contributed by atoms with Gasteiger partial charge in [-0.2, -0.15) is 13.2 Å². The number of pyridine rings is 1. The molecular formula is C23H24F3N3O2. The zero-order valence-electron chi connectivity index (χ0n) is 17.9. The van der Waals surface area contributed by atoms with E-state index in [1.54, 1.807) is 12.3 Å². The number of fused-ring (bicyclic) bond motifs is 2. The Kier molecular flexibility index (Phi) is 4.98. The molecule has 5 nitrogen and oxygen atoms in total. The third-order valence-electron chi connectivity index (χ3n) is 5.60. The first kappa shape index (κ1) is 21.2. The van der Waals surface area contributed by atoms with Crippen LogP contribution in [0.2, 0.25) is 0 Å². The van der Waals surface area contributed by atoms with Crippen LogP contribution in [0.25, 0.3) is 16.9 Å². The van der Waals surface area contributed by atoms with Crippen molar-refractivity contribution in [2.24, 2.45) is 0 Å². The SMILES string of the molecule is COc1cc(-c2cnc3cc(C(C)(C)C)ccn23)cc2c1C(=O)N(CC(F)(F)F)CC2. The van der Waals surface area contributed by atoms with Crippen LogP contribution in [0, 0.1) is 0 Å². The predicted molar refractivity (Wildman–Crippen MR) is 112 cm³/mol. The van der Waals surface area contributed by atoms with Crippen LogP contribution >= 0.6 is 0 Å². The fourth-order valence-electron chi connectivity index (χ4n) is 3.97. The molecule has 1 aromatic carbocycles. The van der Waals surface area contributed by atoms with Gasteiger partial charge in [-0.1, -0.05) is 20.8 Å². The molecule has 0 aliphatic carbocycles. The van der Waals surface area contributed by atoms with Crippen LogP contribution in [0.1, 0.15) is 42.3 Å². The zero-order valence-corrected chi connectivity index (χ0v) is 17.9. The summed E-state index contributed by atoms with van der Waals surface area (Å²) < 4.78 is 45.9.